The third-order valence-corrected chi connectivity index (χ3v) is 8.50. The molecule has 2 N–H and O–H groups in total. The molecule has 14 heteroatoms. The van der Waals surface area contributed by atoms with Gasteiger partial charge in [0.25, 0.3) is 0 Å². The van der Waals surface area contributed by atoms with Crippen molar-refractivity contribution in [2.24, 2.45) is 0 Å². The summed E-state index contributed by atoms with van der Waals surface area (Å²) in [6.07, 6.45) is 4.74. The van der Waals surface area contributed by atoms with E-state index in [-0.39, 0.29) is 24.8 Å². The summed E-state index contributed by atoms with van der Waals surface area (Å²) in [6, 6.07) is 4.11. The maximum Gasteiger partial charge on any atom is 0.422 e. The number of hydrogen-bond acceptors (Lipinski definition) is 11. The second-order valence-electron chi connectivity index (χ2n) is 13.1. The van der Waals surface area contributed by atoms with Crippen LogP contribution in [0.5, 0.6) is 0 Å². The van der Waals surface area contributed by atoms with E-state index in [4.69, 9.17) is 14.5 Å². The number of pyridine rings is 1. The summed E-state index contributed by atoms with van der Waals surface area (Å²) < 4.78 is 40.8. The predicted octanol–water partition coefficient (Wildman–Crippen LogP) is 4.58. The first-order valence-corrected chi connectivity index (χ1v) is 16.6. The maximum absolute atomic E-state index is 13.7. The number of fused-ring (bicyclic) bond motifs is 1. The van der Waals surface area contributed by atoms with Crippen molar-refractivity contribution in [3.05, 3.63) is 35.3 Å². The van der Waals surface area contributed by atoms with Crippen LogP contribution in [0.4, 0.5) is 22.2 Å². The van der Waals surface area contributed by atoms with Gasteiger partial charge in [0.2, 0.25) is 0 Å². The SMILES string of the molecule is Cc1c(N2CCCCC2c2ccc3c(n2)NCCC3)ncnc1N(CCC(=O)OC(C)(C)C)S(=O)(=O)NC(=O)OC(C)(C)C. The molecule has 0 bridgehead atoms. The minimum absolute atomic E-state index is 0.0407. The Morgan fingerprint density at radius 1 is 1.07 bits per heavy atom. The van der Waals surface area contributed by atoms with Crippen LogP contribution in [0.2, 0.25) is 0 Å². The average molecular weight is 632 g/mol. The Morgan fingerprint density at radius 3 is 2.50 bits per heavy atom. The number of aryl methyl sites for hydroxylation is 1. The van der Waals surface area contributed by atoms with Crippen LogP contribution in [0, 0.1) is 6.92 Å². The van der Waals surface area contributed by atoms with Gasteiger partial charge < -0.3 is 19.7 Å². The molecule has 1 unspecified atom stereocenters. The molecule has 0 radical (unpaired) electrons. The number of piperidine rings is 1. The molecule has 4 heterocycles. The molecule has 2 aliphatic rings. The third-order valence-electron chi connectivity index (χ3n) is 7.14. The number of nitrogens with zero attached hydrogens (tertiary/aromatic N) is 5. The fourth-order valence-corrected chi connectivity index (χ4v) is 6.49. The van der Waals surface area contributed by atoms with Gasteiger partial charge in [-0.15, -0.1) is 0 Å². The largest absolute Gasteiger partial charge is 0.460 e. The standard InChI is InChI=1S/C30H45N7O6S/c1-20-26(36-17-9-8-12-23(36)22-14-13-21-11-10-16-31-25(21)34-22)32-19-33-27(20)37(18-15-24(38)42-29(2,3)4)44(40,41)35-28(39)43-30(5,6)7/h13-14,19,23H,8-12,15-18H2,1-7H3,(H,31,34)(H,35,39). The summed E-state index contributed by atoms with van der Waals surface area (Å²) in [5.74, 6) is 0.915. The molecule has 2 aromatic rings. The van der Waals surface area contributed by atoms with E-state index in [1.54, 1.807) is 48.5 Å². The molecule has 44 heavy (non-hydrogen) atoms. The van der Waals surface area contributed by atoms with E-state index in [9.17, 15) is 18.0 Å². The quantitative estimate of drug-likeness (QED) is 0.393. The smallest absolute Gasteiger partial charge is 0.422 e. The highest BCUT2D eigenvalue weighted by molar-refractivity contribution is 7.91. The maximum atomic E-state index is 13.7. The van der Waals surface area contributed by atoms with Crippen molar-refractivity contribution >= 4 is 39.7 Å². The Balaban J connectivity index is 1.69. The molecule has 0 saturated carbocycles. The van der Waals surface area contributed by atoms with Crippen LogP contribution in [-0.2, 0) is 30.9 Å². The van der Waals surface area contributed by atoms with Crippen LogP contribution < -0.4 is 19.2 Å². The van der Waals surface area contributed by atoms with Gasteiger partial charge in [-0.25, -0.2) is 28.8 Å². The fraction of sp³-hybridized carbons (Fsp3) is 0.633. The van der Waals surface area contributed by atoms with Gasteiger partial charge in [0, 0.05) is 25.2 Å². The minimum Gasteiger partial charge on any atom is -0.460 e. The molecule has 2 aliphatic heterocycles. The zero-order chi connectivity index (χ0) is 32.3. The Morgan fingerprint density at radius 2 is 1.80 bits per heavy atom. The van der Waals surface area contributed by atoms with Gasteiger partial charge in [0.15, 0.2) is 5.82 Å². The lowest BCUT2D eigenvalue weighted by molar-refractivity contribution is -0.154. The number of carbonyl (C=O) groups excluding carboxylic acids is 2. The van der Waals surface area contributed by atoms with Crippen LogP contribution in [0.1, 0.15) is 96.5 Å². The molecule has 1 amide bonds. The van der Waals surface area contributed by atoms with Gasteiger partial charge in [-0.3, -0.25) is 4.79 Å². The monoisotopic (exact) mass is 631 g/mol. The first-order chi connectivity index (χ1) is 20.5. The van der Waals surface area contributed by atoms with Gasteiger partial charge in [0.1, 0.15) is 29.2 Å². The van der Waals surface area contributed by atoms with Gasteiger partial charge in [-0.2, -0.15) is 8.42 Å². The van der Waals surface area contributed by atoms with Crippen molar-refractivity contribution in [2.75, 3.05) is 34.2 Å². The summed E-state index contributed by atoms with van der Waals surface area (Å²) >= 11 is 0. The molecule has 2 aromatic heterocycles. The highest BCUT2D eigenvalue weighted by Gasteiger charge is 2.34. The zero-order valence-electron chi connectivity index (χ0n) is 26.8. The molecular weight excluding hydrogens is 586 g/mol. The Bertz CT molecular complexity index is 1470. The van der Waals surface area contributed by atoms with Crippen molar-refractivity contribution in [1.29, 1.82) is 0 Å². The third kappa shape index (κ3) is 8.48. The first-order valence-electron chi connectivity index (χ1n) is 15.1. The minimum atomic E-state index is -4.56. The normalized spacial score (nSPS) is 17.2. The molecule has 0 aliphatic carbocycles. The number of anilines is 3. The van der Waals surface area contributed by atoms with Crippen molar-refractivity contribution in [1.82, 2.24) is 19.7 Å². The summed E-state index contributed by atoms with van der Waals surface area (Å²) in [7, 11) is -4.56. The number of amides is 1. The van der Waals surface area contributed by atoms with E-state index in [2.05, 4.69) is 32.3 Å². The second kappa shape index (κ2) is 13.1. The number of rotatable bonds is 8. The van der Waals surface area contributed by atoms with Gasteiger partial charge in [-0.1, -0.05) is 6.07 Å². The predicted molar refractivity (Wildman–Crippen MR) is 168 cm³/mol. The van der Waals surface area contributed by atoms with Crippen molar-refractivity contribution in [2.45, 2.75) is 104 Å². The lowest BCUT2D eigenvalue weighted by Gasteiger charge is -2.38. The summed E-state index contributed by atoms with van der Waals surface area (Å²) in [4.78, 5) is 41.2. The van der Waals surface area contributed by atoms with Crippen LogP contribution in [0.25, 0.3) is 0 Å². The summed E-state index contributed by atoms with van der Waals surface area (Å²) in [6.45, 7) is 13.1. The van der Waals surface area contributed by atoms with E-state index in [1.807, 2.05) is 4.72 Å². The van der Waals surface area contributed by atoms with Crippen molar-refractivity contribution < 1.29 is 27.5 Å². The number of nitrogens with one attached hydrogen (secondary N) is 2. The molecule has 4 rings (SSSR count). The summed E-state index contributed by atoms with van der Waals surface area (Å²) in [5.41, 5.74) is 0.915. The molecule has 13 nitrogen and oxygen atoms in total. The lowest BCUT2D eigenvalue weighted by atomic mass is 9.97. The van der Waals surface area contributed by atoms with Crippen LogP contribution >= 0.6 is 0 Å². The topological polar surface area (TPSA) is 156 Å². The van der Waals surface area contributed by atoms with Gasteiger partial charge >= 0.3 is 22.3 Å². The number of carbonyl (C=O) groups is 2. The van der Waals surface area contributed by atoms with E-state index >= 15 is 0 Å². The first kappa shape index (κ1) is 33.2. The Hall–Kier alpha value is -3.68. The van der Waals surface area contributed by atoms with E-state index in [1.165, 1.54) is 11.9 Å². The number of esters is 1. The highest BCUT2D eigenvalue weighted by atomic mass is 32.2. The van der Waals surface area contributed by atoms with Crippen molar-refractivity contribution in [3.8, 4) is 0 Å². The average Bonchev–Trinajstić information content (AvgIpc) is 2.91. The van der Waals surface area contributed by atoms with Crippen LogP contribution in [-0.4, -0.2) is 66.3 Å². The van der Waals surface area contributed by atoms with Crippen LogP contribution in [0.3, 0.4) is 0 Å². The van der Waals surface area contributed by atoms with Gasteiger partial charge in [-0.05, 0) is 92.2 Å². The second-order valence-corrected chi connectivity index (χ2v) is 14.7. The number of aromatic nitrogens is 3. The van der Waals surface area contributed by atoms with Crippen LogP contribution in [0.15, 0.2) is 18.5 Å². The van der Waals surface area contributed by atoms with Crippen molar-refractivity contribution in [3.63, 3.8) is 0 Å². The van der Waals surface area contributed by atoms with E-state index in [0.29, 0.717) is 17.9 Å². The number of hydrogen-bond donors (Lipinski definition) is 2. The molecular formula is C30H45N7O6S. The lowest BCUT2D eigenvalue weighted by Crippen LogP contribution is -2.47. The van der Waals surface area contributed by atoms with Gasteiger partial charge in [0.05, 0.1) is 18.2 Å². The molecule has 242 valence electrons. The molecule has 1 fully saturated rings. The molecule has 0 spiro atoms. The Labute approximate surface area is 260 Å². The summed E-state index contributed by atoms with van der Waals surface area (Å²) in [5, 5.41) is 3.40. The molecule has 1 saturated heterocycles. The van der Waals surface area contributed by atoms with E-state index < -0.39 is 33.5 Å². The van der Waals surface area contributed by atoms with E-state index in [0.717, 1.165) is 54.5 Å². The molecule has 0 aromatic carbocycles. The zero-order valence-corrected chi connectivity index (χ0v) is 27.6. The number of ether oxygens (including phenoxy) is 2. The highest BCUT2D eigenvalue weighted by Crippen LogP contribution is 2.38. The Kier molecular flexibility index (Phi) is 9.91. The molecule has 1 atom stereocenters. The fourth-order valence-electron chi connectivity index (χ4n) is 5.38.